The summed E-state index contributed by atoms with van der Waals surface area (Å²) in [5.41, 5.74) is 3.25. The molecular weight excluding hydrogens is 236 g/mol. The number of hydrogen-bond acceptors (Lipinski definition) is 2. The molecule has 0 bridgehead atoms. The lowest BCUT2D eigenvalue weighted by Crippen LogP contribution is -2.00. The van der Waals surface area contributed by atoms with Crippen molar-refractivity contribution < 1.29 is 9.59 Å². The van der Waals surface area contributed by atoms with Gasteiger partial charge < -0.3 is 0 Å². The predicted octanol–water partition coefficient (Wildman–Crippen LogP) is 3.46. The molecule has 0 N–H and O–H groups in total. The normalized spacial score (nSPS) is 13.6. The summed E-state index contributed by atoms with van der Waals surface area (Å²) in [6.45, 7) is 1.98. The monoisotopic (exact) mass is 248 g/mol. The maximum Gasteiger partial charge on any atom is 0.197 e. The van der Waals surface area contributed by atoms with Crippen molar-refractivity contribution >= 4 is 17.6 Å². The summed E-state index contributed by atoms with van der Waals surface area (Å²) in [7, 11) is 0. The first-order valence-corrected chi connectivity index (χ1v) is 6.13. The number of Topliss-reactive ketones (excluding diaryl/α,β-unsaturated/α-hetero) is 2. The Balaban J connectivity index is 2.09. The van der Waals surface area contributed by atoms with Crippen LogP contribution in [0.3, 0.4) is 0 Å². The second-order valence-electron chi connectivity index (χ2n) is 4.68. The molecule has 1 aliphatic rings. The number of carbonyl (C=O) groups excluding carboxylic acids is 2. The van der Waals surface area contributed by atoms with Crippen molar-refractivity contribution in [1.29, 1.82) is 0 Å². The van der Waals surface area contributed by atoms with Gasteiger partial charge in [-0.1, -0.05) is 54.1 Å². The number of hydrogen-bond donors (Lipinski definition) is 0. The first-order chi connectivity index (χ1) is 9.16. The molecule has 0 heterocycles. The van der Waals surface area contributed by atoms with E-state index in [9.17, 15) is 9.59 Å². The highest BCUT2D eigenvalue weighted by Gasteiger charge is 2.32. The highest BCUT2D eigenvalue weighted by atomic mass is 16.2. The van der Waals surface area contributed by atoms with E-state index in [0.717, 1.165) is 11.1 Å². The summed E-state index contributed by atoms with van der Waals surface area (Å²) in [6, 6.07) is 14.7. The van der Waals surface area contributed by atoms with Crippen LogP contribution in [0.4, 0.5) is 0 Å². The van der Waals surface area contributed by atoms with Crippen LogP contribution < -0.4 is 0 Å². The summed E-state index contributed by atoms with van der Waals surface area (Å²) in [6.07, 6.45) is 1.68. The zero-order chi connectivity index (χ0) is 13.4. The fraction of sp³-hybridized carbons (Fsp3) is 0.0588. The topological polar surface area (TPSA) is 34.1 Å². The van der Waals surface area contributed by atoms with Gasteiger partial charge in [0.1, 0.15) is 0 Å². The van der Waals surface area contributed by atoms with Crippen LogP contribution in [0.15, 0.2) is 54.1 Å². The molecule has 2 aromatic carbocycles. The molecule has 0 aliphatic heterocycles. The first-order valence-electron chi connectivity index (χ1n) is 6.13. The lowest BCUT2D eigenvalue weighted by Gasteiger charge is -1.97. The molecule has 0 aromatic heterocycles. The highest BCUT2D eigenvalue weighted by molar-refractivity contribution is 6.41. The molecule has 1 aliphatic carbocycles. The average Bonchev–Trinajstić information content (AvgIpc) is 2.65. The molecule has 2 heteroatoms. The van der Waals surface area contributed by atoms with E-state index in [0.29, 0.717) is 11.1 Å². The Kier molecular flexibility index (Phi) is 2.64. The molecule has 19 heavy (non-hydrogen) atoms. The van der Waals surface area contributed by atoms with Crippen molar-refractivity contribution in [1.82, 2.24) is 0 Å². The van der Waals surface area contributed by atoms with Gasteiger partial charge >= 0.3 is 0 Å². The van der Waals surface area contributed by atoms with Gasteiger partial charge in [0.05, 0.1) is 5.57 Å². The van der Waals surface area contributed by atoms with E-state index in [1.54, 1.807) is 30.3 Å². The van der Waals surface area contributed by atoms with Crippen molar-refractivity contribution in [3.8, 4) is 0 Å². The molecule has 0 atom stereocenters. The van der Waals surface area contributed by atoms with E-state index in [2.05, 4.69) is 0 Å². The van der Waals surface area contributed by atoms with Crippen molar-refractivity contribution in [3.63, 3.8) is 0 Å². The summed E-state index contributed by atoms with van der Waals surface area (Å²) in [5, 5.41) is 0. The lowest BCUT2D eigenvalue weighted by molar-refractivity contribution is 0.0990. The number of fused-ring (bicyclic) bond motifs is 1. The number of benzene rings is 2. The molecule has 0 amide bonds. The summed E-state index contributed by atoms with van der Waals surface area (Å²) in [4.78, 5) is 24.4. The molecule has 2 aromatic rings. The van der Waals surface area contributed by atoms with Gasteiger partial charge in [-0.25, -0.2) is 0 Å². The third-order valence-electron chi connectivity index (χ3n) is 3.26. The van der Waals surface area contributed by atoms with Crippen LogP contribution in [0.1, 0.15) is 31.8 Å². The second-order valence-corrected chi connectivity index (χ2v) is 4.68. The third-order valence-corrected chi connectivity index (χ3v) is 3.26. The Morgan fingerprint density at radius 2 is 1.47 bits per heavy atom. The molecule has 92 valence electrons. The molecule has 3 rings (SSSR count). The molecular formula is C17H12O2. The highest BCUT2D eigenvalue weighted by Crippen LogP contribution is 2.27. The van der Waals surface area contributed by atoms with Gasteiger partial charge in [0.2, 0.25) is 0 Å². The number of rotatable bonds is 1. The van der Waals surface area contributed by atoms with Crippen molar-refractivity contribution in [2.75, 3.05) is 0 Å². The fourth-order valence-corrected chi connectivity index (χ4v) is 2.33. The standard InChI is InChI=1S/C17H12O2/c1-11-5-4-6-12(9-11)10-15-16(18)13-7-2-3-8-14(13)17(15)19/h2-10H,1H3. The molecule has 0 saturated carbocycles. The van der Waals surface area contributed by atoms with E-state index >= 15 is 0 Å². The lowest BCUT2D eigenvalue weighted by atomic mass is 10.1. The summed E-state index contributed by atoms with van der Waals surface area (Å²) >= 11 is 0. The SMILES string of the molecule is Cc1cccc(C=C2C(=O)c3ccccc3C2=O)c1. The first kappa shape index (κ1) is 11.6. The number of allylic oxidation sites excluding steroid dienone is 1. The van der Waals surface area contributed by atoms with E-state index in [-0.39, 0.29) is 17.1 Å². The maximum absolute atomic E-state index is 12.2. The minimum Gasteiger partial charge on any atom is -0.288 e. The zero-order valence-electron chi connectivity index (χ0n) is 10.5. The van der Waals surface area contributed by atoms with E-state index < -0.39 is 0 Å². The minimum atomic E-state index is -0.179. The number of aryl methyl sites for hydroxylation is 1. The molecule has 0 spiro atoms. The van der Waals surface area contributed by atoms with Gasteiger partial charge in [-0.3, -0.25) is 9.59 Å². The summed E-state index contributed by atoms with van der Waals surface area (Å²) < 4.78 is 0. The van der Waals surface area contributed by atoms with Gasteiger partial charge in [-0.05, 0) is 18.6 Å². The molecule has 2 nitrogen and oxygen atoms in total. The van der Waals surface area contributed by atoms with Crippen LogP contribution in [-0.2, 0) is 0 Å². The van der Waals surface area contributed by atoms with Gasteiger partial charge in [-0.2, -0.15) is 0 Å². The smallest absolute Gasteiger partial charge is 0.197 e. The summed E-state index contributed by atoms with van der Waals surface area (Å²) in [5.74, 6) is -0.357. The maximum atomic E-state index is 12.2. The molecule has 0 radical (unpaired) electrons. The van der Waals surface area contributed by atoms with E-state index in [1.807, 2.05) is 31.2 Å². The van der Waals surface area contributed by atoms with Crippen LogP contribution in [-0.4, -0.2) is 11.6 Å². The Hall–Kier alpha value is -2.48. The van der Waals surface area contributed by atoms with Crippen LogP contribution in [0.25, 0.3) is 6.08 Å². The van der Waals surface area contributed by atoms with E-state index in [1.165, 1.54) is 0 Å². The Morgan fingerprint density at radius 1 is 0.842 bits per heavy atom. The second kappa shape index (κ2) is 4.32. The van der Waals surface area contributed by atoms with Gasteiger partial charge in [0, 0.05) is 11.1 Å². The zero-order valence-corrected chi connectivity index (χ0v) is 10.5. The molecule has 0 unspecified atom stereocenters. The number of ketones is 2. The Morgan fingerprint density at radius 3 is 2.05 bits per heavy atom. The van der Waals surface area contributed by atoms with Crippen molar-refractivity contribution in [2.45, 2.75) is 6.92 Å². The largest absolute Gasteiger partial charge is 0.288 e. The van der Waals surface area contributed by atoms with Crippen LogP contribution in [0.2, 0.25) is 0 Å². The van der Waals surface area contributed by atoms with Gasteiger partial charge in [0.15, 0.2) is 11.6 Å². The predicted molar refractivity (Wildman–Crippen MR) is 74.3 cm³/mol. The Labute approximate surface area is 111 Å². The van der Waals surface area contributed by atoms with Crippen molar-refractivity contribution in [3.05, 3.63) is 76.4 Å². The quantitative estimate of drug-likeness (QED) is 0.572. The van der Waals surface area contributed by atoms with Crippen LogP contribution in [0, 0.1) is 6.92 Å². The van der Waals surface area contributed by atoms with E-state index in [4.69, 9.17) is 0 Å². The number of carbonyl (C=O) groups is 2. The Bertz CT molecular complexity index is 687. The van der Waals surface area contributed by atoms with Crippen molar-refractivity contribution in [2.24, 2.45) is 0 Å². The third kappa shape index (κ3) is 1.91. The van der Waals surface area contributed by atoms with Gasteiger partial charge in [0.25, 0.3) is 0 Å². The average molecular weight is 248 g/mol. The molecule has 0 fully saturated rings. The van der Waals surface area contributed by atoms with Crippen LogP contribution in [0.5, 0.6) is 0 Å². The van der Waals surface area contributed by atoms with Gasteiger partial charge in [-0.15, -0.1) is 0 Å². The van der Waals surface area contributed by atoms with Crippen LogP contribution >= 0.6 is 0 Å². The molecule has 0 saturated heterocycles. The fourth-order valence-electron chi connectivity index (χ4n) is 2.33. The minimum absolute atomic E-state index is 0.179.